The molecule has 0 spiro atoms. The summed E-state index contributed by atoms with van der Waals surface area (Å²) < 4.78 is 5.09. The molecular weight excluding hydrogens is 298 g/mol. The molecule has 6 nitrogen and oxygen atoms in total. The monoisotopic (exact) mass is 325 g/mol. The zero-order chi connectivity index (χ0) is 17.5. The van der Waals surface area contributed by atoms with Gasteiger partial charge in [-0.3, -0.25) is 0 Å². The standard InChI is InChI=1S/C17H27NO5/c1-17(2,3)23-16(22)18-9-7-14(20)15(21)13-6-4-5-12(11-13)8-10-19/h4-6,11,14-15,19-21H,7-10H2,1-3H3,(H,18,22). The number of ether oxygens (including phenoxy) is 1. The fourth-order valence-corrected chi connectivity index (χ4v) is 2.08. The number of carbonyl (C=O) groups excluding carboxylic acids is 1. The van der Waals surface area contributed by atoms with E-state index in [2.05, 4.69) is 5.32 Å². The Morgan fingerprint density at radius 3 is 2.61 bits per heavy atom. The fourth-order valence-electron chi connectivity index (χ4n) is 2.08. The molecule has 0 aliphatic rings. The van der Waals surface area contributed by atoms with Crippen molar-refractivity contribution in [3.8, 4) is 0 Å². The van der Waals surface area contributed by atoms with Crippen LogP contribution in [0.4, 0.5) is 4.79 Å². The zero-order valence-electron chi connectivity index (χ0n) is 14.0. The minimum Gasteiger partial charge on any atom is -0.444 e. The van der Waals surface area contributed by atoms with Crippen LogP contribution in [-0.4, -0.2) is 46.3 Å². The molecule has 0 saturated heterocycles. The van der Waals surface area contributed by atoms with E-state index in [-0.39, 0.29) is 19.6 Å². The van der Waals surface area contributed by atoms with E-state index in [1.807, 2.05) is 6.07 Å². The van der Waals surface area contributed by atoms with Crippen molar-refractivity contribution in [1.82, 2.24) is 5.32 Å². The van der Waals surface area contributed by atoms with E-state index in [0.29, 0.717) is 12.0 Å². The number of benzene rings is 1. The van der Waals surface area contributed by atoms with Gasteiger partial charge in [-0.1, -0.05) is 24.3 Å². The summed E-state index contributed by atoms with van der Waals surface area (Å²) in [5.74, 6) is 0. The lowest BCUT2D eigenvalue weighted by Crippen LogP contribution is -2.34. The molecule has 2 unspecified atom stereocenters. The summed E-state index contributed by atoms with van der Waals surface area (Å²) in [5, 5.41) is 31.7. The summed E-state index contributed by atoms with van der Waals surface area (Å²) in [7, 11) is 0. The number of amides is 1. The van der Waals surface area contributed by atoms with Crippen molar-refractivity contribution in [3.05, 3.63) is 35.4 Å². The number of carbonyl (C=O) groups is 1. The lowest BCUT2D eigenvalue weighted by molar-refractivity contribution is 0.0122. The molecule has 0 radical (unpaired) electrons. The predicted octanol–water partition coefficient (Wildman–Crippen LogP) is 1.53. The molecule has 4 N–H and O–H groups in total. The highest BCUT2D eigenvalue weighted by Crippen LogP contribution is 2.20. The second-order valence-electron chi connectivity index (χ2n) is 6.45. The SMILES string of the molecule is CC(C)(C)OC(=O)NCCC(O)C(O)c1cccc(CCO)c1. The molecule has 0 aliphatic carbocycles. The van der Waals surface area contributed by atoms with E-state index in [1.165, 1.54) is 0 Å². The van der Waals surface area contributed by atoms with Crippen LogP contribution < -0.4 is 5.32 Å². The van der Waals surface area contributed by atoms with E-state index < -0.39 is 23.9 Å². The van der Waals surface area contributed by atoms with E-state index in [1.54, 1.807) is 39.0 Å². The average Bonchev–Trinajstić information content (AvgIpc) is 2.45. The molecule has 1 amide bonds. The Morgan fingerprint density at radius 2 is 2.00 bits per heavy atom. The molecule has 6 heteroatoms. The highest BCUT2D eigenvalue weighted by atomic mass is 16.6. The van der Waals surface area contributed by atoms with Crippen LogP contribution in [-0.2, 0) is 11.2 Å². The molecule has 0 aliphatic heterocycles. The van der Waals surface area contributed by atoms with Crippen molar-refractivity contribution in [2.24, 2.45) is 0 Å². The Labute approximate surface area is 137 Å². The smallest absolute Gasteiger partial charge is 0.407 e. The summed E-state index contributed by atoms with van der Waals surface area (Å²) in [6, 6.07) is 7.10. The Kier molecular flexibility index (Phi) is 7.48. The molecule has 0 fully saturated rings. The van der Waals surface area contributed by atoms with Gasteiger partial charge in [0.1, 0.15) is 11.7 Å². The number of aliphatic hydroxyl groups excluding tert-OH is 3. The maximum absolute atomic E-state index is 11.5. The average molecular weight is 325 g/mol. The molecule has 1 aromatic rings. The van der Waals surface area contributed by atoms with Crippen LogP contribution in [0.25, 0.3) is 0 Å². The zero-order valence-corrected chi connectivity index (χ0v) is 14.0. The summed E-state index contributed by atoms with van der Waals surface area (Å²) in [6.45, 7) is 5.53. The number of aliphatic hydroxyl groups is 3. The third kappa shape index (κ3) is 7.45. The third-order valence-electron chi connectivity index (χ3n) is 3.17. The minimum absolute atomic E-state index is 0.0297. The first kappa shape index (κ1) is 19.4. The summed E-state index contributed by atoms with van der Waals surface area (Å²) in [6.07, 6.45) is -1.91. The van der Waals surface area contributed by atoms with Gasteiger partial charge in [-0.2, -0.15) is 0 Å². The predicted molar refractivity (Wildman–Crippen MR) is 87.1 cm³/mol. The molecule has 130 valence electrons. The van der Waals surface area contributed by atoms with Crippen LogP contribution >= 0.6 is 0 Å². The van der Waals surface area contributed by atoms with Gasteiger partial charge in [0.2, 0.25) is 0 Å². The topological polar surface area (TPSA) is 99.0 Å². The normalized spacial score (nSPS) is 14.2. The largest absolute Gasteiger partial charge is 0.444 e. The van der Waals surface area contributed by atoms with Crippen molar-refractivity contribution in [2.75, 3.05) is 13.2 Å². The summed E-state index contributed by atoms with van der Waals surface area (Å²) in [4.78, 5) is 11.5. The van der Waals surface area contributed by atoms with Crippen LogP contribution in [0.15, 0.2) is 24.3 Å². The Hall–Kier alpha value is -1.63. The number of rotatable bonds is 7. The van der Waals surface area contributed by atoms with Crippen molar-refractivity contribution in [3.63, 3.8) is 0 Å². The van der Waals surface area contributed by atoms with Gasteiger partial charge < -0.3 is 25.4 Å². The van der Waals surface area contributed by atoms with Gasteiger partial charge in [0.05, 0.1) is 6.10 Å². The Morgan fingerprint density at radius 1 is 1.30 bits per heavy atom. The van der Waals surface area contributed by atoms with Crippen molar-refractivity contribution >= 4 is 6.09 Å². The number of hydrogen-bond donors (Lipinski definition) is 4. The molecule has 2 atom stereocenters. The highest BCUT2D eigenvalue weighted by Gasteiger charge is 2.20. The fraction of sp³-hybridized carbons (Fsp3) is 0.588. The lowest BCUT2D eigenvalue weighted by Gasteiger charge is -2.21. The minimum atomic E-state index is -1.05. The van der Waals surface area contributed by atoms with Gasteiger partial charge in [0.25, 0.3) is 0 Å². The molecule has 0 bridgehead atoms. The lowest BCUT2D eigenvalue weighted by atomic mass is 9.99. The maximum atomic E-state index is 11.5. The molecule has 1 rings (SSSR count). The molecule has 23 heavy (non-hydrogen) atoms. The Balaban J connectivity index is 2.46. The quantitative estimate of drug-likeness (QED) is 0.609. The van der Waals surface area contributed by atoms with Gasteiger partial charge in [-0.25, -0.2) is 4.79 Å². The third-order valence-corrected chi connectivity index (χ3v) is 3.17. The molecule has 0 saturated carbocycles. The second-order valence-corrected chi connectivity index (χ2v) is 6.45. The first-order valence-electron chi connectivity index (χ1n) is 7.75. The van der Waals surface area contributed by atoms with E-state index >= 15 is 0 Å². The van der Waals surface area contributed by atoms with Gasteiger partial charge in [-0.15, -0.1) is 0 Å². The maximum Gasteiger partial charge on any atom is 0.407 e. The van der Waals surface area contributed by atoms with Crippen LogP contribution in [0, 0.1) is 0 Å². The Bertz CT molecular complexity index is 498. The second kappa shape index (κ2) is 8.86. The van der Waals surface area contributed by atoms with Gasteiger partial charge in [0, 0.05) is 13.2 Å². The molecular formula is C17H27NO5. The highest BCUT2D eigenvalue weighted by molar-refractivity contribution is 5.67. The molecule has 0 heterocycles. The van der Waals surface area contributed by atoms with Gasteiger partial charge in [0.15, 0.2) is 0 Å². The first-order valence-corrected chi connectivity index (χ1v) is 7.75. The number of hydrogen-bond acceptors (Lipinski definition) is 5. The number of nitrogens with one attached hydrogen (secondary N) is 1. The van der Waals surface area contributed by atoms with Crippen molar-refractivity contribution in [1.29, 1.82) is 0 Å². The molecule has 0 aromatic heterocycles. The van der Waals surface area contributed by atoms with Crippen LogP contribution in [0.2, 0.25) is 0 Å². The molecule has 1 aromatic carbocycles. The van der Waals surface area contributed by atoms with Gasteiger partial charge >= 0.3 is 6.09 Å². The summed E-state index contributed by atoms with van der Waals surface area (Å²) in [5.41, 5.74) is 0.902. The van der Waals surface area contributed by atoms with E-state index in [9.17, 15) is 15.0 Å². The van der Waals surface area contributed by atoms with E-state index in [0.717, 1.165) is 5.56 Å². The van der Waals surface area contributed by atoms with Crippen molar-refractivity contribution < 1.29 is 24.9 Å². The van der Waals surface area contributed by atoms with Crippen LogP contribution in [0.3, 0.4) is 0 Å². The number of alkyl carbamates (subject to hydrolysis) is 1. The van der Waals surface area contributed by atoms with E-state index in [4.69, 9.17) is 9.84 Å². The summed E-state index contributed by atoms with van der Waals surface area (Å²) >= 11 is 0. The van der Waals surface area contributed by atoms with Crippen LogP contribution in [0.1, 0.15) is 44.4 Å². The van der Waals surface area contributed by atoms with Gasteiger partial charge in [-0.05, 0) is 44.7 Å². The van der Waals surface area contributed by atoms with Crippen molar-refractivity contribution in [2.45, 2.75) is 51.4 Å². The van der Waals surface area contributed by atoms with Crippen LogP contribution in [0.5, 0.6) is 0 Å². The first-order chi connectivity index (χ1) is 10.7.